The topological polar surface area (TPSA) is 84.2 Å². The number of aromatic nitrogens is 3. The van der Waals surface area contributed by atoms with Gasteiger partial charge < -0.3 is 19.9 Å². The summed E-state index contributed by atoms with van der Waals surface area (Å²) in [5, 5.41) is 18.1. The van der Waals surface area contributed by atoms with Crippen LogP contribution >= 0.6 is 0 Å². The first kappa shape index (κ1) is 26.9. The van der Waals surface area contributed by atoms with Gasteiger partial charge in [0.05, 0.1) is 37.6 Å². The SMILES string of the molecule is C[C@@H](CCOC(F)F)Nc1ncc2c(-c3ccc(CN4CCOCC4)cc3)cc(C3CCC(O)CC3)n2n1. The van der Waals surface area contributed by atoms with Gasteiger partial charge in [-0.15, -0.1) is 5.10 Å². The number of rotatable bonds is 10. The second-order valence-electron chi connectivity index (χ2n) is 10.4. The molecule has 5 rings (SSSR count). The van der Waals surface area contributed by atoms with E-state index in [1.54, 1.807) is 0 Å². The maximum atomic E-state index is 12.3. The van der Waals surface area contributed by atoms with Crippen LogP contribution in [0.5, 0.6) is 0 Å². The molecular weight excluding hydrogens is 492 g/mol. The molecule has 1 aliphatic carbocycles. The standard InChI is InChI=1S/C28H37F2N5O3/c1-19(10-13-38-27(29)30)32-28-31-17-26-24(16-25(35(26)33-28)22-6-8-23(36)9-7-22)21-4-2-20(3-5-21)18-34-11-14-37-15-12-34/h2-5,16-17,19,22-23,27,36H,6-15,18H2,1H3,(H,32,33)/t19-,22?,23?/m0/s1. The lowest BCUT2D eigenvalue weighted by atomic mass is 9.85. The molecule has 3 aromatic rings. The molecule has 3 heterocycles. The number of fused-ring (bicyclic) bond motifs is 1. The molecule has 2 aromatic heterocycles. The average molecular weight is 530 g/mol. The lowest BCUT2D eigenvalue weighted by Crippen LogP contribution is -2.35. The predicted molar refractivity (Wildman–Crippen MR) is 141 cm³/mol. The van der Waals surface area contributed by atoms with Crippen molar-refractivity contribution < 1.29 is 23.4 Å². The molecule has 2 fully saturated rings. The van der Waals surface area contributed by atoms with Crippen molar-refractivity contribution in [3.8, 4) is 11.1 Å². The summed E-state index contributed by atoms with van der Waals surface area (Å²) in [6, 6.07) is 10.8. The molecule has 8 nitrogen and oxygen atoms in total. The number of aliphatic hydroxyl groups is 1. The van der Waals surface area contributed by atoms with Crippen molar-refractivity contribution in [2.45, 2.75) is 70.2 Å². The summed E-state index contributed by atoms with van der Waals surface area (Å²) < 4.78 is 36.4. The number of nitrogens with zero attached hydrogens (tertiary/aromatic N) is 4. The van der Waals surface area contributed by atoms with Gasteiger partial charge in [0.15, 0.2) is 0 Å². The summed E-state index contributed by atoms with van der Waals surface area (Å²) in [5.41, 5.74) is 5.49. The number of benzene rings is 1. The molecule has 1 saturated carbocycles. The number of ether oxygens (including phenoxy) is 2. The van der Waals surface area contributed by atoms with Gasteiger partial charge in [-0.2, -0.15) is 8.78 Å². The minimum Gasteiger partial charge on any atom is -0.393 e. The fourth-order valence-corrected chi connectivity index (χ4v) is 5.41. The molecular formula is C28H37F2N5O3. The van der Waals surface area contributed by atoms with E-state index in [0.717, 1.165) is 80.9 Å². The van der Waals surface area contributed by atoms with Crippen LogP contribution in [0.2, 0.25) is 0 Å². The van der Waals surface area contributed by atoms with Crippen LogP contribution in [0.25, 0.3) is 16.6 Å². The van der Waals surface area contributed by atoms with Crippen LogP contribution < -0.4 is 5.32 Å². The zero-order valence-electron chi connectivity index (χ0n) is 21.9. The van der Waals surface area contributed by atoms with E-state index in [4.69, 9.17) is 9.84 Å². The van der Waals surface area contributed by atoms with Crippen LogP contribution in [0.4, 0.5) is 14.7 Å². The van der Waals surface area contributed by atoms with Gasteiger partial charge >= 0.3 is 6.61 Å². The Kier molecular flexibility index (Phi) is 8.83. The molecule has 1 saturated heterocycles. The highest BCUT2D eigenvalue weighted by atomic mass is 19.3. The Hall–Kier alpha value is -2.66. The van der Waals surface area contributed by atoms with Crippen molar-refractivity contribution in [3.63, 3.8) is 0 Å². The van der Waals surface area contributed by atoms with Gasteiger partial charge in [-0.3, -0.25) is 4.90 Å². The Balaban J connectivity index is 1.39. The Morgan fingerprint density at radius 2 is 1.87 bits per heavy atom. The highest BCUT2D eigenvalue weighted by molar-refractivity contribution is 5.81. The third kappa shape index (κ3) is 6.66. The van der Waals surface area contributed by atoms with Gasteiger partial charge in [-0.25, -0.2) is 9.50 Å². The Morgan fingerprint density at radius 3 is 2.58 bits per heavy atom. The zero-order valence-corrected chi connectivity index (χ0v) is 21.9. The smallest absolute Gasteiger partial charge is 0.345 e. The van der Waals surface area contributed by atoms with Gasteiger partial charge in [0, 0.05) is 42.9 Å². The number of halogens is 2. The van der Waals surface area contributed by atoms with Crippen LogP contribution in [-0.4, -0.2) is 76.3 Å². The van der Waals surface area contributed by atoms with Crippen molar-refractivity contribution in [2.24, 2.45) is 0 Å². The molecule has 2 aliphatic rings. The highest BCUT2D eigenvalue weighted by Gasteiger charge is 2.26. The fraction of sp³-hybridized carbons (Fsp3) is 0.571. The summed E-state index contributed by atoms with van der Waals surface area (Å²) >= 11 is 0. The van der Waals surface area contributed by atoms with Crippen LogP contribution in [-0.2, 0) is 16.0 Å². The maximum Gasteiger partial charge on any atom is 0.345 e. The number of hydrogen-bond acceptors (Lipinski definition) is 7. The molecule has 206 valence electrons. The molecule has 0 unspecified atom stereocenters. The van der Waals surface area contributed by atoms with Gasteiger partial charge in [0.25, 0.3) is 0 Å². The van der Waals surface area contributed by atoms with Crippen LogP contribution in [0.15, 0.2) is 36.5 Å². The number of alkyl halides is 2. The monoisotopic (exact) mass is 529 g/mol. The molecule has 2 N–H and O–H groups in total. The van der Waals surface area contributed by atoms with Gasteiger partial charge in [-0.1, -0.05) is 24.3 Å². The number of nitrogens with one attached hydrogen (secondary N) is 1. The summed E-state index contributed by atoms with van der Waals surface area (Å²) in [6.45, 7) is 3.48. The minimum atomic E-state index is -2.77. The van der Waals surface area contributed by atoms with Crippen molar-refractivity contribution in [1.29, 1.82) is 0 Å². The number of anilines is 1. The molecule has 0 radical (unpaired) electrons. The molecule has 1 aliphatic heterocycles. The van der Waals surface area contributed by atoms with Crippen molar-refractivity contribution >= 4 is 11.5 Å². The molecule has 38 heavy (non-hydrogen) atoms. The zero-order chi connectivity index (χ0) is 26.5. The van der Waals surface area contributed by atoms with E-state index >= 15 is 0 Å². The molecule has 0 bridgehead atoms. The lowest BCUT2D eigenvalue weighted by molar-refractivity contribution is -0.129. The summed E-state index contributed by atoms with van der Waals surface area (Å²) in [7, 11) is 0. The Bertz CT molecular complexity index is 1180. The summed E-state index contributed by atoms with van der Waals surface area (Å²) in [5.74, 6) is 0.738. The van der Waals surface area contributed by atoms with Gasteiger partial charge in [-0.05, 0) is 56.2 Å². The van der Waals surface area contributed by atoms with Gasteiger partial charge in [0.1, 0.15) is 0 Å². The third-order valence-corrected chi connectivity index (χ3v) is 7.60. The second kappa shape index (κ2) is 12.5. The van der Waals surface area contributed by atoms with E-state index < -0.39 is 6.61 Å². The Labute approximate surface area is 222 Å². The molecule has 1 atom stereocenters. The maximum absolute atomic E-state index is 12.3. The van der Waals surface area contributed by atoms with E-state index in [9.17, 15) is 13.9 Å². The van der Waals surface area contributed by atoms with Crippen LogP contribution in [0.1, 0.15) is 56.2 Å². The van der Waals surface area contributed by atoms with Crippen LogP contribution in [0, 0.1) is 0 Å². The number of morpholine rings is 1. The molecule has 1 aromatic carbocycles. The largest absolute Gasteiger partial charge is 0.393 e. The summed E-state index contributed by atoms with van der Waals surface area (Å²) in [6.07, 6.45) is 5.36. The highest BCUT2D eigenvalue weighted by Crippen LogP contribution is 2.37. The molecule has 0 amide bonds. The molecule has 0 spiro atoms. The number of hydrogen-bond donors (Lipinski definition) is 2. The molecule has 10 heteroatoms. The first-order valence-corrected chi connectivity index (χ1v) is 13.6. The van der Waals surface area contributed by atoms with Gasteiger partial charge in [0.2, 0.25) is 5.95 Å². The average Bonchev–Trinajstić information content (AvgIpc) is 3.29. The quantitative estimate of drug-likeness (QED) is 0.395. The second-order valence-corrected chi connectivity index (χ2v) is 10.4. The van der Waals surface area contributed by atoms with Crippen molar-refractivity contribution in [3.05, 3.63) is 47.8 Å². The van der Waals surface area contributed by atoms with E-state index in [1.807, 2.05) is 17.6 Å². The van der Waals surface area contributed by atoms with E-state index in [0.29, 0.717) is 18.3 Å². The lowest BCUT2D eigenvalue weighted by Gasteiger charge is -2.26. The first-order valence-electron chi connectivity index (χ1n) is 13.6. The summed E-state index contributed by atoms with van der Waals surface area (Å²) in [4.78, 5) is 6.96. The third-order valence-electron chi connectivity index (χ3n) is 7.60. The van der Waals surface area contributed by atoms with Crippen LogP contribution in [0.3, 0.4) is 0 Å². The fourth-order valence-electron chi connectivity index (χ4n) is 5.41. The minimum absolute atomic E-state index is 0.0427. The number of aliphatic hydroxyl groups excluding tert-OH is 1. The van der Waals surface area contributed by atoms with E-state index in [-0.39, 0.29) is 18.8 Å². The van der Waals surface area contributed by atoms with E-state index in [2.05, 4.69) is 50.3 Å². The normalized spacial score (nSPS) is 21.7. The predicted octanol–water partition coefficient (Wildman–Crippen LogP) is 4.68. The Morgan fingerprint density at radius 1 is 1.13 bits per heavy atom. The van der Waals surface area contributed by atoms with Crippen molar-refractivity contribution in [1.82, 2.24) is 19.5 Å². The van der Waals surface area contributed by atoms with Crippen molar-refractivity contribution in [2.75, 3.05) is 38.2 Å². The van der Waals surface area contributed by atoms with E-state index in [1.165, 1.54) is 5.56 Å². The first-order chi connectivity index (χ1) is 18.5.